The Morgan fingerprint density at radius 1 is 1.43 bits per heavy atom. The van der Waals surface area contributed by atoms with E-state index >= 15 is 0 Å². The summed E-state index contributed by atoms with van der Waals surface area (Å²) in [6.45, 7) is 3.72. The highest BCUT2D eigenvalue weighted by molar-refractivity contribution is 5.66. The SMILES string of the molecule is COCc1cccc(CN2CCCC(CCC(=O)O)C2)c1. The summed E-state index contributed by atoms with van der Waals surface area (Å²) < 4.78 is 5.18. The van der Waals surface area contributed by atoms with Crippen molar-refractivity contribution in [3.8, 4) is 0 Å². The molecule has 0 spiro atoms. The molecule has 0 radical (unpaired) electrons. The molecule has 1 aromatic carbocycles. The van der Waals surface area contributed by atoms with Gasteiger partial charge in [0, 0.05) is 26.6 Å². The Kier molecular flexibility index (Phi) is 6.21. The molecular weight excluding hydrogens is 266 g/mol. The number of benzene rings is 1. The molecule has 0 bridgehead atoms. The summed E-state index contributed by atoms with van der Waals surface area (Å²) in [5.41, 5.74) is 2.51. The van der Waals surface area contributed by atoms with Gasteiger partial charge in [0.15, 0.2) is 0 Å². The van der Waals surface area contributed by atoms with Gasteiger partial charge in [-0.05, 0) is 42.9 Å². The summed E-state index contributed by atoms with van der Waals surface area (Å²) in [5.74, 6) is -0.156. The van der Waals surface area contributed by atoms with Crippen LogP contribution in [0.3, 0.4) is 0 Å². The molecule has 0 aliphatic carbocycles. The van der Waals surface area contributed by atoms with Crippen LogP contribution in [0.4, 0.5) is 0 Å². The molecule has 1 saturated heterocycles. The van der Waals surface area contributed by atoms with Crippen LogP contribution in [0, 0.1) is 5.92 Å². The van der Waals surface area contributed by atoms with Crippen molar-refractivity contribution in [3.05, 3.63) is 35.4 Å². The zero-order valence-electron chi connectivity index (χ0n) is 12.8. The second-order valence-electron chi connectivity index (χ2n) is 5.93. The molecule has 0 aromatic heterocycles. The molecule has 1 aliphatic rings. The normalized spacial score (nSPS) is 19.6. The first-order valence-electron chi connectivity index (χ1n) is 7.68. The number of aliphatic carboxylic acids is 1. The number of likely N-dealkylation sites (tertiary alicyclic amines) is 1. The average molecular weight is 291 g/mol. The van der Waals surface area contributed by atoms with Crippen LogP contribution < -0.4 is 0 Å². The van der Waals surface area contributed by atoms with Gasteiger partial charge in [-0.1, -0.05) is 24.3 Å². The predicted octanol–water partition coefficient (Wildman–Crippen LogP) is 2.91. The summed E-state index contributed by atoms with van der Waals surface area (Å²) in [7, 11) is 1.71. The zero-order chi connectivity index (χ0) is 15.1. The fourth-order valence-corrected chi connectivity index (χ4v) is 3.10. The highest BCUT2D eigenvalue weighted by Crippen LogP contribution is 2.22. The number of hydrogen-bond donors (Lipinski definition) is 1. The van der Waals surface area contributed by atoms with Crippen molar-refractivity contribution in [1.29, 1.82) is 0 Å². The van der Waals surface area contributed by atoms with E-state index < -0.39 is 5.97 Å². The van der Waals surface area contributed by atoms with Gasteiger partial charge in [-0.15, -0.1) is 0 Å². The first kappa shape index (κ1) is 16.0. The Hall–Kier alpha value is -1.39. The number of methoxy groups -OCH3 is 1. The third kappa shape index (κ3) is 5.48. The second kappa shape index (κ2) is 8.15. The van der Waals surface area contributed by atoms with E-state index in [2.05, 4.69) is 29.2 Å². The molecule has 0 saturated carbocycles. The molecule has 1 aliphatic heterocycles. The van der Waals surface area contributed by atoms with Gasteiger partial charge in [-0.2, -0.15) is 0 Å². The number of ether oxygens (including phenoxy) is 1. The number of hydrogen-bond acceptors (Lipinski definition) is 3. The monoisotopic (exact) mass is 291 g/mol. The maximum absolute atomic E-state index is 10.7. The number of piperidine rings is 1. The van der Waals surface area contributed by atoms with Gasteiger partial charge in [0.1, 0.15) is 0 Å². The smallest absolute Gasteiger partial charge is 0.303 e. The maximum atomic E-state index is 10.7. The Labute approximate surface area is 126 Å². The van der Waals surface area contributed by atoms with Crippen LogP contribution in [0.2, 0.25) is 0 Å². The lowest BCUT2D eigenvalue weighted by Crippen LogP contribution is -2.35. The summed E-state index contributed by atoms with van der Waals surface area (Å²) in [5, 5.41) is 8.80. The standard InChI is InChI=1S/C17H25NO3/c1-21-13-16-5-2-4-15(10-16)12-18-9-3-6-14(11-18)7-8-17(19)20/h2,4-5,10,14H,3,6-9,11-13H2,1H3,(H,19,20). The summed E-state index contributed by atoms with van der Waals surface area (Å²) >= 11 is 0. The van der Waals surface area contributed by atoms with Crippen LogP contribution >= 0.6 is 0 Å². The highest BCUT2D eigenvalue weighted by atomic mass is 16.5. The quantitative estimate of drug-likeness (QED) is 0.839. The van der Waals surface area contributed by atoms with Crippen molar-refractivity contribution in [2.24, 2.45) is 5.92 Å². The number of rotatable bonds is 7. The number of carboxylic acid groups (broad SMARTS) is 1. The van der Waals surface area contributed by atoms with Gasteiger partial charge >= 0.3 is 5.97 Å². The topological polar surface area (TPSA) is 49.8 Å². The van der Waals surface area contributed by atoms with Crippen LogP contribution in [0.1, 0.15) is 36.8 Å². The molecule has 2 rings (SSSR count). The van der Waals surface area contributed by atoms with Crippen molar-refractivity contribution in [2.45, 2.75) is 38.8 Å². The third-order valence-corrected chi connectivity index (χ3v) is 4.08. The first-order chi connectivity index (χ1) is 10.2. The predicted molar refractivity (Wildman–Crippen MR) is 82.0 cm³/mol. The Morgan fingerprint density at radius 3 is 3.00 bits per heavy atom. The molecule has 1 aromatic rings. The molecule has 4 nitrogen and oxygen atoms in total. The molecular formula is C17H25NO3. The van der Waals surface area contributed by atoms with Crippen LogP contribution in [-0.4, -0.2) is 36.2 Å². The maximum Gasteiger partial charge on any atom is 0.303 e. The van der Waals surface area contributed by atoms with Gasteiger partial charge in [0.25, 0.3) is 0 Å². The molecule has 1 atom stereocenters. The van der Waals surface area contributed by atoms with Gasteiger partial charge in [0.05, 0.1) is 6.61 Å². The highest BCUT2D eigenvalue weighted by Gasteiger charge is 2.20. The minimum atomic E-state index is -0.681. The van der Waals surface area contributed by atoms with Crippen LogP contribution in [0.15, 0.2) is 24.3 Å². The molecule has 1 fully saturated rings. The first-order valence-corrected chi connectivity index (χ1v) is 7.68. The average Bonchev–Trinajstić information content (AvgIpc) is 2.46. The van der Waals surface area contributed by atoms with E-state index in [9.17, 15) is 4.79 Å². The summed E-state index contributed by atoms with van der Waals surface area (Å²) in [4.78, 5) is 13.1. The van der Waals surface area contributed by atoms with Crippen LogP contribution in [-0.2, 0) is 22.7 Å². The van der Waals surface area contributed by atoms with Crippen molar-refractivity contribution in [2.75, 3.05) is 20.2 Å². The van der Waals surface area contributed by atoms with E-state index in [0.29, 0.717) is 18.9 Å². The minimum Gasteiger partial charge on any atom is -0.481 e. The molecule has 4 heteroatoms. The lowest BCUT2D eigenvalue weighted by Gasteiger charge is -2.32. The van der Waals surface area contributed by atoms with Crippen LogP contribution in [0.5, 0.6) is 0 Å². The lowest BCUT2D eigenvalue weighted by molar-refractivity contribution is -0.137. The molecule has 1 unspecified atom stereocenters. The van der Waals surface area contributed by atoms with E-state index in [-0.39, 0.29) is 0 Å². The van der Waals surface area contributed by atoms with E-state index in [0.717, 1.165) is 32.5 Å². The number of nitrogens with zero attached hydrogens (tertiary/aromatic N) is 1. The lowest BCUT2D eigenvalue weighted by atomic mass is 9.93. The zero-order valence-corrected chi connectivity index (χ0v) is 12.8. The molecule has 0 amide bonds. The van der Waals surface area contributed by atoms with Crippen molar-refractivity contribution in [1.82, 2.24) is 4.90 Å². The molecule has 116 valence electrons. The van der Waals surface area contributed by atoms with Crippen LogP contribution in [0.25, 0.3) is 0 Å². The van der Waals surface area contributed by atoms with E-state index in [1.807, 2.05) is 0 Å². The molecule has 1 N–H and O–H groups in total. The third-order valence-electron chi connectivity index (χ3n) is 4.08. The minimum absolute atomic E-state index is 0.293. The van der Waals surface area contributed by atoms with E-state index in [4.69, 9.17) is 9.84 Å². The van der Waals surface area contributed by atoms with Gasteiger partial charge < -0.3 is 9.84 Å². The van der Waals surface area contributed by atoms with Gasteiger partial charge in [-0.3, -0.25) is 9.69 Å². The number of carbonyl (C=O) groups is 1. The fourth-order valence-electron chi connectivity index (χ4n) is 3.10. The van der Waals surface area contributed by atoms with Gasteiger partial charge in [0.2, 0.25) is 0 Å². The second-order valence-corrected chi connectivity index (χ2v) is 5.93. The Balaban J connectivity index is 1.87. The summed E-state index contributed by atoms with van der Waals surface area (Å²) in [6, 6.07) is 8.51. The van der Waals surface area contributed by atoms with Crippen molar-refractivity contribution >= 4 is 5.97 Å². The number of carboxylic acids is 1. The van der Waals surface area contributed by atoms with E-state index in [1.165, 1.54) is 17.5 Å². The van der Waals surface area contributed by atoms with Gasteiger partial charge in [-0.25, -0.2) is 0 Å². The Bertz CT molecular complexity index is 461. The Morgan fingerprint density at radius 2 is 2.24 bits per heavy atom. The van der Waals surface area contributed by atoms with Crippen molar-refractivity contribution < 1.29 is 14.6 Å². The largest absolute Gasteiger partial charge is 0.481 e. The van der Waals surface area contributed by atoms with E-state index in [1.54, 1.807) is 7.11 Å². The van der Waals surface area contributed by atoms with Crippen molar-refractivity contribution in [3.63, 3.8) is 0 Å². The summed E-state index contributed by atoms with van der Waals surface area (Å²) in [6.07, 6.45) is 3.42. The molecule has 1 heterocycles. The molecule has 21 heavy (non-hydrogen) atoms. The fraction of sp³-hybridized carbons (Fsp3) is 0.588.